The van der Waals surface area contributed by atoms with Gasteiger partial charge in [-0.05, 0) is 57.3 Å². The predicted octanol–water partition coefficient (Wildman–Crippen LogP) is 4.81. The summed E-state index contributed by atoms with van der Waals surface area (Å²) in [6.07, 6.45) is 1.54. The molecule has 0 atom stereocenters. The van der Waals surface area contributed by atoms with Gasteiger partial charge in [-0.3, -0.25) is 4.98 Å². The number of nitriles is 1. The first-order chi connectivity index (χ1) is 13.6. The molecule has 4 rings (SSSR count). The van der Waals surface area contributed by atoms with Crippen LogP contribution in [0.2, 0.25) is 0 Å². The number of anilines is 2. The number of halogens is 2. The van der Waals surface area contributed by atoms with Crippen molar-refractivity contribution in [1.29, 1.82) is 5.26 Å². The molecule has 1 N–H and O–H groups in total. The van der Waals surface area contributed by atoms with Gasteiger partial charge in [-0.1, -0.05) is 0 Å². The summed E-state index contributed by atoms with van der Waals surface area (Å²) in [7, 11) is 3.14. The van der Waals surface area contributed by atoms with Gasteiger partial charge in [0.1, 0.15) is 6.07 Å². The SMILES string of the molecule is COc1cc2ncc(C#N)c(Nc3c(I)cc(I)c4c3OCO4)c2cc1OC. The summed E-state index contributed by atoms with van der Waals surface area (Å²) >= 11 is 4.45. The van der Waals surface area contributed by atoms with Crippen molar-refractivity contribution in [3.8, 4) is 29.1 Å². The molecule has 0 saturated carbocycles. The molecule has 1 aliphatic heterocycles. The number of rotatable bonds is 4. The molecule has 1 aromatic heterocycles. The van der Waals surface area contributed by atoms with Gasteiger partial charge in [0, 0.05) is 21.2 Å². The fourth-order valence-corrected chi connectivity index (χ4v) is 4.98. The molecule has 0 unspecified atom stereocenters. The molecule has 142 valence electrons. The molecule has 0 saturated heterocycles. The third-order valence-corrected chi connectivity index (χ3v) is 5.94. The highest BCUT2D eigenvalue weighted by Gasteiger charge is 2.25. The van der Waals surface area contributed by atoms with Gasteiger partial charge in [0.15, 0.2) is 23.0 Å². The van der Waals surface area contributed by atoms with Crippen LogP contribution < -0.4 is 24.3 Å². The zero-order chi connectivity index (χ0) is 19.8. The smallest absolute Gasteiger partial charge is 0.231 e. The number of benzene rings is 2. The Morgan fingerprint density at radius 1 is 1.04 bits per heavy atom. The normalized spacial score (nSPS) is 12.0. The van der Waals surface area contributed by atoms with Crippen LogP contribution in [0.3, 0.4) is 0 Å². The first-order valence-electron chi connectivity index (χ1n) is 8.06. The molecule has 0 aliphatic carbocycles. The van der Waals surface area contributed by atoms with E-state index in [0.29, 0.717) is 39.8 Å². The number of hydrogen-bond acceptors (Lipinski definition) is 7. The lowest BCUT2D eigenvalue weighted by atomic mass is 10.1. The third-order valence-electron chi connectivity index (χ3n) is 4.29. The number of hydrogen-bond donors (Lipinski definition) is 1. The molecule has 1 aliphatic rings. The minimum atomic E-state index is 0.160. The van der Waals surface area contributed by atoms with Gasteiger partial charge < -0.3 is 24.3 Å². The molecule has 0 radical (unpaired) electrons. The minimum absolute atomic E-state index is 0.160. The lowest BCUT2D eigenvalue weighted by molar-refractivity contribution is 0.174. The Kier molecular flexibility index (Phi) is 5.24. The summed E-state index contributed by atoms with van der Waals surface area (Å²) in [4.78, 5) is 4.39. The van der Waals surface area contributed by atoms with E-state index in [0.717, 1.165) is 18.2 Å². The van der Waals surface area contributed by atoms with Crippen LogP contribution in [-0.2, 0) is 0 Å². The molecule has 7 nitrogen and oxygen atoms in total. The van der Waals surface area contributed by atoms with Crippen LogP contribution in [0.15, 0.2) is 24.4 Å². The highest BCUT2D eigenvalue weighted by Crippen LogP contribution is 2.47. The molecule has 0 amide bonds. The topological polar surface area (TPSA) is 85.6 Å². The van der Waals surface area contributed by atoms with E-state index >= 15 is 0 Å². The third kappa shape index (κ3) is 3.14. The Balaban J connectivity index is 1.94. The lowest BCUT2D eigenvalue weighted by Crippen LogP contribution is -2.01. The summed E-state index contributed by atoms with van der Waals surface area (Å²) < 4.78 is 24.0. The van der Waals surface area contributed by atoms with E-state index in [9.17, 15) is 5.26 Å². The summed E-state index contributed by atoms with van der Waals surface area (Å²) in [5.41, 5.74) is 2.44. The molecule has 28 heavy (non-hydrogen) atoms. The van der Waals surface area contributed by atoms with Crippen LogP contribution in [-0.4, -0.2) is 26.0 Å². The van der Waals surface area contributed by atoms with Gasteiger partial charge in [-0.2, -0.15) is 5.26 Å². The number of methoxy groups -OCH3 is 2. The van der Waals surface area contributed by atoms with Crippen LogP contribution in [0.1, 0.15) is 5.56 Å². The van der Waals surface area contributed by atoms with Gasteiger partial charge in [0.05, 0.1) is 40.2 Å². The number of fused-ring (bicyclic) bond motifs is 2. The van der Waals surface area contributed by atoms with Crippen molar-refractivity contribution in [2.45, 2.75) is 0 Å². The average Bonchev–Trinajstić information content (AvgIpc) is 3.20. The van der Waals surface area contributed by atoms with Crippen molar-refractivity contribution in [2.24, 2.45) is 0 Å². The maximum atomic E-state index is 9.65. The Bertz CT molecular complexity index is 1140. The van der Waals surface area contributed by atoms with Crippen LogP contribution in [0.4, 0.5) is 11.4 Å². The van der Waals surface area contributed by atoms with Gasteiger partial charge in [-0.25, -0.2) is 0 Å². The minimum Gasteiger partial charge on any atom is -0.493 e. The molecular formula is C19H13I2N3O4. The van der Waals surface area contributed by atoms with E-state index in [1.54, 1.807) is 20.3 Å². The predicted molar refractivity (Wildman–Crippen MR) is 121 cm³/mol. The number of nitrogens with one attached hydrogen (secondary N) is 1. The van der Waals surface area contributed by atoms with E-state index in [2.05, 4.69) is 61.6 Å². The Morgan fingerprint density at radius 2 is 1.75 bits per heavy atom. The second kappa shape index (κ2) is 7.67. The molecular weight excluding hydrogens is 588 g/mol. The van der Waals surface area contributed by atoms with Crippen molar-refractivity contribution in [1.82, 2.24) is 4.98 Å². The number of aromatic nitrogens is 1. The number of pyridine rings is 1. The van der Waals surface area contributed by atoms with Crippen molar-refractivity contribution >= 4 is 67.5 Å². The first-order valence-corrected chi connectivity index (χ1v) is 10.2. The second-order valence-electron chi connectivity index (χ2n) is 5.79. The van der Waals surface area contributed by atoms with Crippen molar-refractivity contribution in [3.63, 3.8) is 0 Å². The summed E-state index contributed by atoms with van der Waals surface area (Å²) in [5.74, 6) is 2.45. The van der Waals surface area contributed by atoms with Crippen LogP contribution >= 0.6 is 45.2 Å². The summed E-state index contributed by atoms with van der Waals surface area (Å²) in [6, 6.07) is 7.78. The number of nitrogens with zero attached hydrogens (tertiary/aromatic N) is 2. The molecule has 0 spiro atoms. The summed E-state index contributed by atoms with van der Waals surface area (Å²) in [6.45, 7) is 0.160. The quantitative estimate of drug-likeness (QED) is 0.430. The average molecular weight is 601 g/mol. The lowest BCUT2D eigenvalue weighted by Gasteiger charge is -2.16. The van der Waals surface area contributed by atoms with E-state index in [4.69, 9.17) is 18.9 Å². The highest BCUT2D eigenvalue weighted by molar-refractivity contribution is 14.1. The molecule has 0 bridgehead atoms. The van der Waals surface area contributed by atoms with Crippen molar-refractivity contribution < 1.29 is 18.9 Å². The van der Waals surface area contributed by atoms with Crippen molar-refractivity contribution in [3.05, 3.63) is 37.1 Å². The van der Waals surface area contributed by atoms with E-state index in [1.165, 1.54) is 6.20 Å². The molecule has 2 heterocycles. The maximum absolute atomic E-state index is 9.65. The van der Waals surface area contributed by atoms with Crippen LogP contribution in [0.25, 0.3) is 10.9 Å². The van der Waals surface area contributed by atoms with Crippen LogP contribution in [0.5, 0.6) is 23.0 Å². The number of ether oxygens (including phenoxy) is 4. The molecule has 0 fully saturated rings. The molecule has 2 aromatic carbocycles. The largest absolute Gasteiger partial charge is 0.493 e. The Morgan fingerprint density at radius 3 is 2.46 bits per heavy atom. The Labute approximate surface area is 188 Å². The standard InChI is InChI=1S/C19H13I2N3O4/c1-25-14-3-10-13(5-15(14)26-2)23-7-9(6-22)16(10)24-17-11(20)4-12(21)18-19(17)28-8-27-18/h3-5,7H,8H2,1-2H3,(H,23,24). The van der Waals surface area contributed by atoms with Gasteiger partial charge in [0.25, 0.3) is 0 Å². The van der Waals surface area contributed by atoms with Gasteiger partial charge in [0.2, 0.25) is 6.79 Å². The van der Waals surface area contributed by atoms with E-state index in [-0.39, 0.29) is 6.79 Å². The monoisotopic (exact) mass is 601 g/mol. The fourth-order valence-electron chi connectivity index (χ4n) is 2.98. The molecule has 9 heteroatoms. The van der Waals surface area contributed by atoms with Gasteiger partial charge in [-0.15, -0.1) is 0 Å². The van der Waals surface area contributed by atoms with E-state index in [1.807, 2.05) is 12.1 Å². The zero-order valence-corrected chi connectivity index (χ0v) is 19.1. The zero-order valence-electron chi connectivity index (χ0n) is 14.8. The molecule has 3 aromatic rings. The van der Waals surface area contributed by atoms with Gasteiger partial charge >= 0.3 is 0 Å². The van der Waals surface area contributed by atoms with E-state index < -0.39 is 0 Å². The maximum Gasteiger partial charge on any atom is 0.231 e. The highest BCUT2D eigenvalue weighted by atomic mass is 127. The van der Waals surface area contributed by atoms with Crippen LogP contribution in [0, 0.1) is 18.5 Å². The second-order valence-corrected chi connectivity index (χ2v) is 8.11. The first kappa shape index (κ1) is 19.1. The summed E-state index contributed by atoms with van der Waals surface area (Å²) in [5, 5.41) is 13.8. The fraction of sp³-hybridized carbons (Fsp3) is 0.158. The Hall–Kier alpha value is -2.20. The van der Waals surface area contributed by atoms with Crippen molar-refractivity contribution in [2.75, 3.05) is 26.3 Å².